The standard InChI is InChI=1S/C11H10F3N/c1-7-8(2)10(15)4-3-9(7)5-6-11(12,13)14/h3-4H,15H2,1-2H3. The van der Waals surface area contributed by atoms with Crippen LogP contribution in [0.5, 0.6) is 0 Å². The highest BCUT2D eigenvalue weighted by Crippen LogP contribution is 2.19. The minimum absolute atomic E-state index is 0.360. The molecule has 0 aliphatic rings. The maximum atomic E-state index is 11.9. The number of hydrogen-bond donors (Lipinski definition) is 1. The number of alkyl halides is 3. The Hall–Kier alpha value is -1.63. The second-order valence-corrected chi connectivity index (χ2v) is 3.20. The SMILES string of the molecule is Cc1c(N)ccc(C#CC(F)(F)F)c1C. The van der Waals surface area contributed by atoms with Gasteiger partial charge >= 0.3 is 6.18 Å². The first-order valence-corrected chi connectivity index (χ1v) is 4.27. The van der Waals surface area contributed by atoms with Crippen molar-refractivity contribution in [1.82, 2.24) is 0 Å². The lowest BCUT2D eigenvalue weighted by Crippen LogP contribution is -2.02. The van der Waals surface area contributed by atoms with Gasteiger partial charge in [-0.05, 0) is 37.1 Å². The van der Waals surface area contributed by atoms with Gasteiger partial charge in [-0.3, -0.25) is 0 Å². The van der Waals surface area contributed by atoms with Crippen molar-refractivity contribution in [2.45, 2.75) is 20.0 Å². The van der Waals surface area contributed by atoms with Gasteiger partial charge in [-0.15, -0.1) is 0 Å². The number of nitrogens with two attached hydrogens (primary N) is 1. The van der Waals surface area contributed by atoms with Crippen LogP contribution in [0.3, 0.4) is 0 Å². The van der Waals surface area contributed by atoms with Crippen molar-refractivity contribution < 1.29 is 13.2 Å². The van der Waals surface area contributed by atoms with Gasteiger partial charge in [0.2, 0.25) is 0 Å². The van der Waals surface area contributed by atoms with Crippen molar-refractivity contribution in [2.75, 3.05) is 5.73 Å². The quantitative estimate of drug-likeness (QED) is 0.520. The van der Waals surface area contributed by atoms with Crippen molar-refractivity contribution in [3.8, 4) is 11.8 Å². The Morgan fingerprint density at radius 2 is 1.73 bits per heavy atom. The van der Waals surface area contributed by atoms with E-state index in [1.165, 1.54) is 12.0 Å². The van der Waals surface area contributed by atoms with Gasteiger partial charge in [-0.1, -0.05) is 5.92 Å². The van der Waals surface area contributed by atoms with Gasteiger partial charge in [0.15, 0.2) is 0 Å². The Balaban J connectivity index is 3.17. The Morgan fingerprint density at radius 3 is 2.27 bits per heavy atom. The predicted molar refractivity (Wildman–Crippen MR) is 53.3 cm³/mol. The van der Waals surface area contributed by atoms with Crippen molar-refractivity contribution in [2.24, 2.45) is 0 Å². The van der Waals surface area contributed by atoms with Crippen LogP contribution >= 0.6 is 0 Å². The highest BCUT2D eigenvalue weighted by Gasteiger charge is 2.23. The summed E-state index contributed by atoms with van der Waals surface area (Å²) in [5.41, 5.74) is 7.98. The van der Waals surface area contributed by atoms with Crippen molar-refractivity contribution in [1.29, 1.82) is 0 Å². The molecular weight excluding hydrogens is 203 g/mol. The molecule has 0 heterocycles. The number of anilines is 1. The van der Waals surface area contributed by atoms with Crippen LogP contribution in [0.2, 0.25) is 0 Å². The van der Waals surface area contributed by atoms with Crippen LogP contribution in [-0.4, -0.2) is 6.18 Å². The van der Waals surface area contributed by atoms with Gasteiger partial charge in [0, 0.05) is 17.2 Å². The molecule has 4 heteroatoms. The average Bonchev–Trinajstić information content (AvgIpc) is 2.12. The van der Waals surface area contributed by atoms with Crippen LogP contribution in [-0.2, 0) is 0 Å². The van der Waals surface area contributed by atoms with Crippen LogP contribution in [0.4, 0.5) is 18.9 Å². The van der Waals surface area contributed by atoms with Crippen molar-refractivity contribution in [3.63, 3.8) is 0 Å². The van der Waals surface area contributed by atoms with E-state index < -0.39 is 6.18 Å². The van der Waals surface area contributed by atoms with Gasteiger partial charge in [0.1, 0.15) is 0 Å². The third-order valence-corrected chi connectivity index (χ3v) is 2.17. The van der Waals surface area contributed by atoms with E-state index in [4.69, 9.17) is 5.73 Å². The summed E-state index contributed by atoms with van der Waals surface area (Å²) in [7, 11) is 0. The molecule has 1 aromatic carbocycles. The first kappa shape index (κ1) is 11.4. The molecule has 0 bridgehead atoms. The third kappa shape index (κ3) is 2.91. The molecule has 0 radical (unpaired) electrons. The first-order valence-electron chi connectivity index (χ1n) is 4.27. The summed E-state index contributed by atoms with van der Waals surface area (Å²) < 4.78 is 35.6. The number of nitrogen functional groups attached to an aromatic ring is 1. The minimum atomic E-state index is -4.46. The lowest BCUT2D eigenvalue weighted by atomic mass is 10.0. The van der Waals surface area contributed by atoms with E-state index in [0.717, 1.165) is 5.56 Å². The molecule has 0 spiro atoms. The number of rotatable bonds is 0. The molecule has 2 N–H and O–H groups in total. The fraction of sp³-hybridized carbons (Fsp3) is 0.273. The molecule has 0 saturated carbocycles. The Labute approximate surface area is 86.1 Å². The van der Waals surface area contributed by atoms with Crippen LogP contribution in [0.25, 0.3) is 0 Å². The van der Waals surface area contributed by atoms with E-state index in [1.807, 2.05) is 0 Å². The molecular formula is C11H10F3N. The number of halogens is 3. The van der Waals surface area contributed by atoms with Crippen molar-refractivity contribution in [3.05, 3.63) is 28.8 Å². The molecule has 0 amide bonds. The van der Waals surface area contributed by atoms with E-state index in [-0.39, 0.29) is 0 Å². The minimum Gasteiger partial charge on any atom is -0.399 e. The highest BCUT2D eigenvalue weighted by molar-refractivity contribution is 5.56. The smallest absolute Gasteiger partial charge is 0.399 e. The van der Waals surface area contributed by atoms with Crippen LogP contribution in [0.1, 0.15) is 16.7 Å². The van der Waals surface area contributed by atoms with E-state index in [1.54, 1.807) is 19.9 Å². The maximum absolute atomic E-state index is 11.9. The van der Waals surface area contributed by atoms with Crippen LogP contribution < -0.4 is 5.73 Å². The summed E-state index contributed by atoms with van der Waals surface area (Å²) in [5, 5.41) is 0. The van der Waals surface area contributed by atoms with Crippen LogP contribution in [0, 0.1) is 25.7 Å². The van der Waals surface area contributed by atoms with E-state index in [0.29, 0.717) is 16.8 Å². The van der Waals surface area contributed by atoms with Gasteiger partial charge in [-0.2, -0.15) is 13.2 Å². The molecule has 0 fully saturated rings. The van der Waals surface area contributed by atoms with Gasteiger partial charge < -0.3 is 5.73 Å². The lowest BCUT2D eigenvalue weighted by molar-refractivity contribution is -0.0696. The summed E-state index contributed by atoms with van der Waals surface area (Å²) in [4.78, 5) is 0. The fourth-order valence-corrected chi connectivity index (χ4v) is 1.12. The highest BCUT2D eigenvalue weighted by atomic mass is 19.4. The first-order chi connectivity index (χ1) is 6.81. The molecule has 0 atom stereocenters. The summed E-state index contributed by atoms with van der Waals surface area (Å²) in [6, 6.07) is 3.05. The lowest BCUT2D eigenvalue weighted by Gasteiger charge is -2.05. The molecule has 0 aliphatic carbocycles. The zero-order valence-corrected chi connectivity index (χ0v) is 8.37. The maximum Gasteiger partial charge on any atom is 0.458 e. The largest absolute Gasteiger partial charge is 0.458 e. The molecule has 1 aromatic rings. The average molecular weight is 213 g/mol. The Bertz CT molecular complexity index is 436. The second kappa shape index (κ2) is 3.85. The molecule has 0 saturated heterocycles. The summed E-state index contributed by atoms with van der Waals surface area (Å²) in [5.74, 6) is 3.33. The monoisotopic (exact) mass is 213 g/mol. The topological polar surface area (TPSA) is 26.0 Å². The third-order valence-electron chi connectivity index (χ3n) is 2.17. The van der Waals surface area contributed by atoms with E-state index in [9.17, 15) is 13.2 Å². The van der Waals surface area contributed by atoms with Gasteiger partial charge in [-0.25, -0.2) is 0 Å². The normalized spacial score (nSPS) is 10.7. The molecule has 80 valence electrons. The van der Waals surface area contributed by atoms with Gasteiger partial charge in [0.05, 0.1) is 0 Å². The number of hydrogen-bond acceptors (Lipinski definition) is 1. The summed E-state index contributed by atoms with van der Waals surface area (Å²) in [6.07, 6.45) is -4.46. The van der Waals surface area contributed by atoms with E-state index in [2.05, 4.69) is 5.92 Å². The summed E-state index contributed by atoms with van der Waals surface area (Å²) in [6.45, 7) is 3.45. The van der Waals surface area contributed by atoms with Crippen molar-refractivity contribution >= 4 is 5.69 Å². The molecule has 1 nitrogen and oxygen atoms in total. The zero-order chi connectivity index (χ0) is 11.6. The van der Waals surface area contributed by atoms with Gasteiger partial charge in [0.25, 0.3) is 0 Å². The predicted octanol–water partition coefficient (Wildman–Crippen LogP) is 2.80. The molecule has 0 unspecified atom stereocenters. The number of benzene rings is 1. The molecule has 15 heavy (non-hydrogen) atoms. The summed E-state index contributed by atoms with van der Waals surface area (Å²) >= 11 is 0. The molecule has 0 aromatic heterocycles. The van der Waals surface area contributed by atoms with Crippen LogP contribution in [0.15, 0.2) is 12.1 Å². The Kier molecular flexibility index (Phi) is 2.94. The molecule has 0 aliphatic heterocycles. The Morgan fingerprint density at radius 1 is 1.13 bits per heavy atom. The molecule has 1 rings (SSSR count). The zero-order valence-electron chi connectivity index (χ0n) is 8.37. The second-order valence-electron chi connectivity index (χ2n) is 3.20. The fourth-order valence-electron chi connectivity index (χ4n) is 1.12. The van der Waals surface area contributed by atoms with E-state index >= 15 is 0 Å².